The molecule has 4 nitrogen and oxygen atoms in total. The van der Waals surface area contributed by atoms with Crippen LogP contribution >= 0.6 is 0 Å². The first-order valence-corrected chi connectivity index (χ1v) is 8.19. The van der Waals surface area contributed by atoms with E-state index < -0.39 is 10.0 Å². The third kappa shape index (κ3) is 3.83. The predicted molar refractivity (Wildman–Crippen MR) is 81.7 cm³/mol. The topological polar surface area (TPSA) is 63.4 Å². The summed E-state index contributed by atoms with van der Waals surface area (Å²) in [5, 5.41) is 0. The summed E-state index contributed by atoms with van der Waals surface area (Å²) >= 11 is 0. The zero-order chi connectivity index (χ0) is 15.2. The predicted octanol–water partition coefficient (Wildman–Crippen LogP) is 1.81. The normalized spacial score (nSPS) is 11.5. The van der Waals surface area contributed by atoms with Gasteiger partial charge >= 0.3 is 0 Å². The molecular weight excluding hydrogens is 272 g/mol. The van der Waals surface area contributed by atoms with Crippen LogP contribution in [-0.4, -0.2) is 31.9 Å². The van der Waals surface area contributed by atoms with Crippen molar-refractivity contribution in [3.63, 3.8) is 0 Å². The Balaban J connectivity index is 3.34. The minimum Gasteiger partial charge on any atom is -0.320 e. The molecule has 1 rings (SSSR count). The lowest BCUT2D eigenvalue weighted by molar-refractivity contribution is 0.354. The van der Waals surface area contributed by atoms with Gasteiger partial charge in [-0.1, -0.05) is 30.9 Å². The van der Waals surface area contributed by atoms with Crippen LogP contribution in [0.25, 0.3) is 0 Å². The van der Waals surface area contributed by atoms with Gasteiger partial charge in [-0.25, -0.2) is 8.42 Å². The first-order chi connectivity index (χ1) is 9.45. The third-order valence-corrected chi connectivity index (χ3v) is 4.95. The van der Waals surface area contributed by atoms with Crippen LogP contribution in [0.1, 0.15) is 32.8 Å². The minimum absolute atomic E-state index is 0.0875. The van der Waals surface area contributed by atoms with Gasteiger partial charge in [-0.05, 0) is 32.4 Å². The van der Waals surface area contributed by atoms with Crippen molar-refractivity contribution in [2.24, 2.45) is 5.73 Å². The molecule has 2 N–H and O–H groups in total. The van der Waals surface area contributed by atoms with Crippen LogP contribution in [0, 0.1) is 11.8 Å². The van der Waals surface area contributed by atoms with Gasteiger partial charge in [-0.2, -0.15) is 4.31 Å². The second-order valence-corrected chi connectivity index (χ2v) is 6.57. The molecule has 0 spiro atoms. The van der Waals surface area contributed by atoms with Crippen LogP contribution in [0.5, 0.6) is 0 Å². The van der Waals surface area contributed by atoms with Gasteiger partial charge in [-0.15, -0.1) is 0 Å². The quantitative estimate of drug-likeness (QED) is 0.842. The highest BCUT2D eigenvalue weighted by Crippen LogP contribution is 2.21. The van der Waals surface area contributed by atoms with E-state index in [9.17, 15) is 8.42 Å². The molecule has 0 heterocycles. The van der Waals surface area contributed by atoms with E-state index in [0.29, 0.717) is 12.1 Å². The van der Waals surface area contributed by atoms with Gasteiger partial charge in [0.2, 0.25) is 10.0 Å². The number of nitrogens with zero attached hydrogens (tertiary/aromatic N) is 1. The van der Waals surface area contributed by atoms with Gasteiger partial charge in [0, 0.05) is 18.2 Å². The Hall–Kier alpha value is -1.35. The number of benzene rings is 1. The van der Waals surface area contributed by atoms with Crippen LogP contribution in [0.3, 0.4) is 0 Å². The van der Waals surface area contributed by atoms with Crippen molar-refractivity contribution in [1.29, 1.82) is 0 Å². The van der Waals surface area contributed by atoms with E-state index in [2.05, 4.69) is 11.8 Å². The number of sulfonamides is 1. The SMILES string of the molecule is CCCN(C(C)C)S(=O)(=O)c1ccccc1C#CCN. The maximum Gasteiger partial charge on any atom is 0.244 e. The lowest BCUT2D eigenvalue weighted by Crippen LogP contribution is -2.37. The minimum atomic E-state index is -3.53. The van der Waals surface area contributed by atoms with Crippen molar-refractivity contribution >= 4 is 10.0 Å². The molecule has 0 unspecified atom stereocenters. The van der Waals surface area contributed by atoms with Gasteiger partial charge in [0.1, 0.15) is 0 Å². The monoisotopic (exact) mass is 294 g/mol. The van der Waals surface area contributed by atoms with E-state index in [1.165, 1.54) is 4.31 Å². The molecule has 0 aliphatic carbocycles. The van der Waals surface area contributed by atoms with Crippen molar-refractivity contribution < 1.29 is 8.42 Å². The number of hydrogen-bond acceptors (Lipinski definition) is 3. The Kier molecular flexibility index (Phi) is 6.21. The lowest BCUT2D eigenvalue weighted by Gasteiger charge is -2.25. The highest BCUT2D eigenvalue weighted by atomic mass is 32.2. The molecule has 0 aliphatic rings. The Labute approximate surface area is 122 Å². The average Bonchev–Trinajstić information content (AvgIpc) is 2.42. The van der Waals surface area contributed by atoms with Crippen molar-refractivity contribution in [3.05, 3.63) is 29.8 Å². The van der Waals surface area contributed by atoms with Gasteiger partial charge < -0.3 is 5.73 Å². The van der Waals surface area contributed by atoms with Crippen LogP contribution in [0.15, 0.2) is 29.2 Å². The second-order valence-electron chi connectivity index (χ2n) is 4.71. The molecular formula is C15H22N2O2S. The summed E-state index contributed by atoms with van der Waals surface area (Å²) < 4.78 is 27.1. The van der Waals surface area contributed by atoms with E-state index in [1.807, 2.05) is 20.8 Å². The number of nitrogens with two attached hydrogens (primary N) is 1. The molecule has 110 valence electrons. The Bertz CT molecular complexity index is 598. The van der Waals surface area contributed by atoms with E-state index in [1.54, 1.807) is 24.3 Å². The molecule has 0 amide bonds. The summed E-state index contributed by atoms with van der Waals surface area (Å²) in [4.78, 5) is 0.253. The standard InChI is InChI=1S/C15H22N2O2S/c1-4-12-17(13(2)3)20(18,19)15-10-6-5-8-14(15)9-7-11-16/h5-6,8,10,13H,4,11-12,16H2,1-3H3. The molecule has 20 heavy (non-hydrogen) atoms. The summed E-state index contributed by atoms with van der Waals surface area (Å²) in [7, 11) is -3.53. The van der Waals surface area contributed by atoms with Gasteiger partial charge in [0.05, 0.1) is 11.4 Å². The maximum absolute atomic E-state index is 12.8. The number of rotatable bonds is 5. The fraction of sp³-hybridized carbons (Fsp3) is 0.467. The molecule has 1 aromatic rings. The zero-order valence-corrected chi connectivity index (χ0v) is 13.1. The Morgan fingerprint density at radius 2 is 1.95 bits per heavy atom. The lowest BCUT2D eigenvalue weighted by atomic mass is 10.2. The molecule has 0 bridgehead atoms. The smallest absolute Gasteiger partial charge is 0.244 e. The molecule has 0 aromatic heterocycles. The Morgan fingerprint density at radius 1 is 1.30 bits per heavy atom. The van der Waals surface area contributed by atoms with Crippen LogP contribution < -0.4 is 5.73 Å². The molecule has 0 fully saturated rings. The summed E-state index contributed by atoms with van der Waals surface area (Å²) in [5.74, 6) is 5.55. The highest BCUT2D eigenvalue weighted by molar-refractivity contribution is 7.89. The molecule has 0 saturated carbocycles. The molecule has 0 aliphatic heterocycles. The van der Waals surface area contributed by atoms with Crippen LogP contribution in [0.4, 0.5) is 0 Å². The van der Waals surface area contributed by atoms with Gasteiger partial charge in [0.15, 0.2) is 0 Å². The van der Waals surface area contributed by atoms with Gasteiger partial charge in [0.25, 0.3) is 0 Å². The van der Waals surface area contributed by atoms with Crippen LogP contribution in [0.2, 0.25) is 0 Å². The molecule has 0 atom stereocenters. The molecule has 1 aromatic carbocycles. The van der Waals surface area contributed by atoms with Gasteiger partial charge in [-0.3, -0.25) is 0 Å². The molecule has 0 saturated heterocycles. The van der Waals surface area contributed by atoms with E-state index in [0.717, 1.165) is 6.42 Å². The van der Waals surface area contributed by atoms with Crippen molar-refractivity contribution in [2.75, 3.05) is 13.1 Å². The van der Waals surface area contributed by atoms with Crippen molar-refractivity contribution in [3.8, 4) is 11.8 Å². The van der Waals surface area contributed by atoms with E-state index in [4.69, 9.17) is 5.73 Å². The summed E-state index contributed by atoms with van der Waals surface area (Å²) in [6, 6.07) is 6.71. The largest absolute Gasteiger partial charge is 0.320 e. The fourth-order valence-corrected chi connectivity index (χ4v) is 3.82. The van der Waals surface area contributed by atoms with Crippen molar-refractivity contribution in [1.82, 2.24) is 4.31 Å². The zero-order valence-electron chi connectivity index (χ0n) is 12.3. The van der Waals surface area contributed by atoms with Crippen LogP contribution in [-0.2, 0) is 10.0 Å². The fourth-order valence-electron chi connectivity index (χ4n) is 1.94. The maximum atomic E-state index is 12.8. The molecule has 5 heteroatoms. The third-order valence-electron chi connectivity index (χ3n) is 2.82. The average molecular weight is 294 g/mol. The summed E-state index contributed by atoms with van der Waals surface area (Å²) in [6.07, 6.45) is 0.772. The van der Waals surface area contributed by atoms with Crippen molar-refractivity contribution in [2.45, 2.75) is 38.1 Å². The van der Waals surface area contributed by atoms with E-state index in [-0.39, 0.29) is 17.5 Å². The van der Waals surface area contributed by atoms with E-state index >= 15 is 0 Å². The summed E-state index contributed by atoms with van der Waals surface area (Å²) in [5.41, 5.74) is 5.86. The second kappa shape index (κ2) is 7.44. The Morgan fingerprint density at radius 3 is 2.50 bits per heavy atom. The highest BCUT2D eigenvalue weighted by Gasteiger charge is 2.27. The summed E-state index contributed by atoms with van der Waals surface area (Å²) in [6.45, 7) is 6.42. The first-order valence-electron chi connectivity index (χ1n) is 6.75. The first kappa shape index (κ1) is 16.7. The number of hydrogen-bond donors (Lipinski definition) is 1. The molecule has 0 radical (unpaired) electrons.